The van der Waals surface area contributed by atoms with E-state index in [9.17, 15) is 28.3 Å². The molecule has 3 aromatic rings. The van der Waals surface area contributed by atoms with Gasteiger partial charge in [-0.2, -0.15) is 8.78 Å². The smallest absolute Gasteiger partial charge is 0.387 e. The van der Waals surface area contributed by atoms with Gasteiger partial charge in [0.15, 0.2) is 22.4 Å². The van der Waals surface area contributed by atoms with Crippen molar-refractivity contribution in [3.05, 3.63) is 83.6 Å². The quantitative estimate of drug-likeness (QED) is 0.215. The summed E-state index contributed by atoms with van der Waals surface area (Å²) in [5.41, 5.74) is 1.91. The molecular weight excluding hydrogens is 568 g/mol. The number of amides is 2. The maximum Gasteiger partial charge on any atom is 0.387 e. The predicted octanol–water partition coefficient (Wildman–Crippen LogP) is 6.10. The summed E-state index contributed by atoms with van der Waals surface area (Å²) in [6.45, 7) is 2.18. The summed E-state index contributed by atoms with van der Waals surface area (Å²) < 4.78 is 35.1. The lowest BCUT2D eigenvalue weighted by Gasteiger charge is -2.20. The number of phenols is 1. The number of carbonyl (C=O) groups is 3. The Morgan fingerprint density at radius 2 is 1.79 bits per heavy atom. The van der Waals surface area contributed by atoms with E-state index in [-0.39, 0.29) is 39.8 Å². The van der Waals surface area contributed by atoms with Crippen LogP contribution in [0.5, 0.6) is 17.2 Å². The van der Waals surface area contributed by atoms with Gasteiger partial charge in [0.05, 0.1) is 17.5 Å². The number of aliphatic imine (C=N–C) groups is 1. The number of hydrogen-bond acceptors (Lipinski definition) is 8. The second-order valence-corrected chi connectivity index (χ2v) is 10.3. The molecule has 0 saturated heterocycles. The van der Waals surface area contributed by atoms with Crippen LogP contribution < -0.4 is 19.7 Å². The average molecular weight is 596 g/mol. The van der Waals surface area contributed by atoms with Crippen LogP contribution in [0.4, 0.5) is 20.2 Å². The normalized spacial score (nSPS) is 14.6. The number of anilines is 2. The lowest BCUT2D eigenvalue weighted by atomic mass is 10.1. The molecule has 1 aliphatic heterocycles. The molecule has 1 aliphatic rings. The van der Waals surface area contributed by atoms with Crippen LogP contribution in [-0.2, 0) is 9.59 Å². The number of amidine groups is 1. The van der Waals surface area contributed by atoms with E-state index >= 15 is 0 Å². The zero-order valence-electron chi connectivity index (χ0n) is 22.8. The summed E-state index contributed by atoms with van der Waals surface area (Å²) in [4.78, 5) is 43.9. The third-order valence-electron chi connectivity index (χ3n) is 5.95. The molecule has 0 aliphatic carbocycles. The first-order valence-electron chi connectivity index (χ1n) is 12.8. The van der Waals surface area contributed by atoms with E-state index in [0.717, 1.165) is 11.8 Å². The fourth-order valence-corrected chi connectivity index (χ4v) is 4.80. The Morgan fingerprint density at radius 1 is 1.10 bits per heavy atom. The van der Waals surface area contributed by atoms with Crippen LogP contribution in [0, 0.1) is 0 Å². The summed E-state index contributed by atoms with van der Waals surface area (Å²) in [5, 5.41) is 12.3. The van der Waals surface area contributed by atoms with Gasteiger partial charge >= 0.3 is 6.61 Å². The van der Waals surface area contributed by atoms with E-state index in [1.54, 1.807) is 50.2 Å². The average Bonchev–Trinajstić information content (AvgIpc) is 3.24. The molecule has 2 amide bonds. The van der Waals surface area contributed by atoms with Crippen molar-refractivity contribution in [3.63, 3.8) is 0 Å². The molecule has 218 valence electrons. The number of nitrogens with one attached hydrogen (secondary N) is 1. The van der Waals surface area contributed by atoms with Crippen LogP contribution in [-0.4, -0.2) is 46.3 Å². The Balaban J connectivity index is 1.62. The number of alkyl halides is 2. The number of carbonyl (C=O) groups excluding carboxylic acids is 3. The first kappa shape index (κ1) is 30.3. The number of ether oxygens (including phenoxy) is 2. The number of benzene rings is 3. The Morgan fingerprint density at radius 3 is 2.40 bits per heavy atom. The van der Waals surface area contributed by atoms with E-state index in [2.05, 4.69) is 15.0 Å². The minimum Gasteiger partial charge on any atom is -0.504 e. The van der Waals surface area contributed by atoms with Crippen LogP contribution in [0.25, 0.3) is 6.08 Å². The maximum absolute atomic E-state index is 13.6. The van der Waals surface area contributed by atoms with Gasteiger partial charge in [0, 0.05) is 11.3 Å². The Hall–Kier alpha value is -4.71. The third-order valence-corrected chi connectivity index (χ3v) is 7.00. The second-order valence-electron chi connectivity index (χ2n) is 8.98. The number of nitrogens with zero attached hydrogens (tertiary/aromatic N) is 2. The molecule has 1 unspecified atom stereocenters. The molecule has 0 saturated carbocycles. The van der Waals surface area contributed by atoms with Gasteiger partial charge in [-0.15, -0.1) is 0 Å². The summed E-state index contributed by atoms with van der Waals surface area (Å²) in [5.74, 6) is -0.885. The van der Waals surface area contributed by atoms with Crippen LogP contribution in [0.2, 0.25) is 0 Å². The highest BCUT2D eigenvalue weighted by Crippen LogP contribution is 2.34. The van der Waals surface area contributed by atoms with E-state index in [4.69, 9.17) is 4.74 Å². The molecule has 4 rings (SSSR count). The predicted molar refractivity (Wildman–Crippen MR) is 157 cm³/mol. The van der Waals surface area contributed by atoms with Gasteiger partial charge in [-0.1, -0.05) is 17.8 Å². The molecule has 12 heteroatoms. The molecule has 1 heterocycles. The third kappa shape index (κ3) is 7.32. The lowest BCUT2D eigenvalue weighted by Crippen LogP contribution is -2.33. The molecule has 0 fully saturated rings. The molecule has 42 heavy (non-hydrogen) atoms. The molecule has 9 nitrogen and oxygen atoms in total. The fourth-order valence-electron chi connectivity index (χ4n) is 3.87. The number of Topliss-reactive ketones (excluding diaryl/α,β-unsaturated/α-hetero) is 1. The Labute approximate surface area is 244 Å². The van der Waals surface area contributed by atoms with Gasteiger partial charge in [-0.3, -0.25) is 19.3 Å². The first-order valence-corrected chi connectivity index (χ1v) is 13.7. The van der Waals surface area contributed by atoms with Gasteiger partial charge in [0.2, 0.25) is 5.91 Å². The number of aromatic hydroxyl groups is 1. The monoisotopic (exact) mass is 595 g/mol. The van der Waals surface area contributed by atoms with Crippen LogP contribution in [0.3, 0.4) is 0 Å². The second kappa shape index (κ2) is 13.3. The van der Waals surface area contributed by atoms with Gasteiger partial charge in [-0.05, 0) is 93.1 Å². The van der Waals surface area contributed by atoms with E-state index in [1.165, 1.54) is 48.2 Å². The number of rotatable bonds is 10. The lowest BCUT2D eigenvalue weighted by molar-refractivity contribution is -0.115. The SMILES string of the molecule is CCOc1cc(C=C2N=C(SC(C)C(=O)Nc3ccc(C(C)=O)cc3)N(c3ccc(OC(F)F)cc3)C2=O)ccc1O. The molecule has 0 spiro atoms. The zero-order valence-corrected chi connectivity index (χ0v) is 23.7. The van der Waals surface area contributed by atoms with Crippen molar-refractivity contribution < 1.29 is 37.7 Å². The van der Waals surface area contributed by atoms with E-state index < -0.39 is 17.8 Å². The van der Waals surface area contributed by atoms with Crippen molar-refractivity contribution in [1.29, 1.82) is 0 Å². The number of hydrogen-bond donors (Lipinski definition) is 2. The van der Waals surface area contributed by atoms with Crippen molar-refractivity contribution in [2.45, 2.75) is 32.6 Å². The van der Waals surface area contributed by atoms with Gasteiger partial charge < -0.3 is 19.9 Å². The largest absolute Gasteiger partial charge is 0.504 e. The minimum absolute atomic E-state index is 0.0472. The molecule has 0 bridgehead atoms. The number of ketones is 1. The molecular formula is C30H27F2N3O6S. The van der Waals surface area contributed by atoms with Crippen molar-refractivity contribution in [3.8, 4) is 17.2 Å². The molecule has 3 aromatic carbocycles. The Kier molecular flexibility index (Phi) is 9.58. The summed E-state index contributed by atoms with van der Waals surface area (Å²) in [6.07, 6.45) is 1.51. The van der Waals surface area contributed by atoms with Gasteiger partial charge in [0.25, 0.3) is 5.91 Å². The van der Waals surface area contributed by atoms with Crippen molar-refractivity contribution >= 4 is 52.0 Å². The van der Waals surface area contributed by atoms with Crippen LogP contribution >= 0.6 is 11.8 Å². The molecule has 1 atom stereocenters. The van der Waals surface area contributed by atoms with Gasteiger partial charge in [0.1, 0.15) is 11.4 Å². The summed E-state index contributed by atoms with van der Waals surface area (Å²) in [7, 11) is 0. The van der Waals surface area contributed by atoms with E-state index in [0.29, 0.717) is 29.1 Å². The number of halogens is 2. The van der Waals surface area contributed by atoms with Crippen molar-refractivity contribution in [2.24, 2.45) is 4.99 Å². The minimum atomic E-state index is -3.00. The molecule has 0 aromatic heterocycles. The molecule has 0 radical (unpaired) electrons. The molecule has 2 N–H and O–H groups in total. The highest BCUT2D eigenvalue weighted by molar-refractivity contribution is 8.15. The highest BCUT2D eigenvalue weighted by atomic mass is 32.2. The zero-order chi connectivity index (χ0) is 30.4. The summed E-state index contributed by atoms with van der Waals surface area (Å²) >= 11 is 1.02. The fraction of sp³-hybridized carbons (Fsp3) is 0.200. The standard InChI is InChI=1S/C30H27F2N3O6S/c1-4-40-26-16-19(5-14-25(26)37)15-24-28(39)35(22-10-12-23(13-11-22)41-29(31)32)30(34-24)42-18(3)27(38)33-21-8-6-20(7-9-21)17(2)36/h5-16,18,29,37H,4H2,1-3H3,(H,33,38). The van der Waals surface area contributed by atoms with E-state index in [1.807, 2.05) is 0 Å². The first-order chi connectivity index (χ1) is 20.0. The van der Waals surface area contributed by atoms with Crippen LogP contribution in [0.1, 0.15) is 36.7 Å². The highest BCUT2D eigenvalue weighted by Gasteiger charge is 2.34. The summed E-state index contributed by atoms with van der Waals surface area (Å²) in [6, 6.07) is 16.5. The van der Waals surface area contributed by atoms with Gasteiger partial charge in [-0.25, -0.2) is 4.99 Å². The van der Waals surface area contributed by atoms with Crippen LogP contribution in [0.15, 0.2) is 77.4 Å². The van der Waals surface area contributed by atoms with Crippen molar-refractivity contribution in [1.82, 2.24) is 0 Å². The Bertz CT molecular complexity index is 1540. The maximum atomic E-state index is 13.6. The number of phenolic OH excluding ortho intramolecular Hbond substituents is 1. The number of thioether (sulfide) groups is 1. The topological polar surface area (TPSA) is 118 Å². The van der Waals surface area contributed by atoms with Crippen molar-refractivity contribution in [2.75, 3.05) is 16.8 Å².